The zero-order valence-corrected chi connectivity index (χ0v) is 9.05. The standard InChI is InChI=1S/C10H15N3O3/c1-7-12-3-2-8(13-7)5-11-6-9(14)4-10(15)16/h2-3,9,11,14H,4-6H2,1H3,(H,15,16). The van der Waals surface area contributed by atoms with Crippen LogP contribution in [0, 0.1) is 6.92 Å². The molecule has 1 unspecified atom stereocenters. The maximum atomic E-state index is 10.3. The molecule has 0 spiro atoms. The van der Waals surface area contributed by atoms with Crippen LogP contribution in [0.5, 0.6) is 0 Å². The molecule has 1 heterocycles. The lowest BCUT2D eigenvalue weighted by molar-refractivity contribution is -0.139. The Morgan fingerprint density at radius 3 is 3.00 bits per heavy atom. The van der Waals surface area contributed by atoms with Gasteiger partial charge in [-0.3, -0.25) is 4.79 Å². The minimum Gasteiger partial charge on any atom is -0.481 e. The number of carboxylic acid groups (broad SMARTS) is 1. The van der Waals surface area contributed by atoms with Crippen molar-refractivity contribution in [2.75, 3.05) is 6.54 Å². The number of aliphatic hydroxyl groups excluding tert-OH is 1. The molecule has 0 saturated carbocycles. The first kappa shape index (κ1) is 12.5. The average Bonchev–Trinajstić information content (AvgIpc) is 2.16. The van der Waals surface area contributed by atoms with Crippen LogP contribution in [0.2, 0.25) is 0 Å². The number of aromatic nitrogens is 2. The first-order chi connectivity index (χ1) is 7.58. The number of nitrogens with zero attached hydrogens (tertiary/aromatic N) is 2. The molecule has 6 heteroatoms. The molecule has 1 aromatic rings. The number of hydrogen-bond donors (Lipinski definition) is 3. The van der Waals surface area contributed by atoms with Crippen molar-refractivity contribution < 1.29 is 15.0 Å². The third kappa shape index (κ3) is 4.81. The molecule has 0 aromatic carbocycles. The van der Waals surface area contributed by atoms with E-state index in [1.807, 2.05) is 0 Å². The van der Waals surface area contributed by atoms with E-state index >= 15 is 0 Å². The largest absolute Gasteiger partial charge is 0.481 e. The lowest BCUT2D eigenvalue weighted by Gasteiger charge is -2.09. The summed E-state index contributed by atoms with van der Waals surface area (Å²) in [4.78, 5) is 18.4. The Balaban J connectivity index is 2.27. The third-order valence-corrected chi connectivity index (χ3v) is 1.93. The van der Waals surface area contributed by atoms with E-state index in [0.717, 1.165) is 5.69 Å². The van der Waals surface area contributed by atoms with Gasteiger partial charge in [-0.05, 0) is 13.0 Å². The molecule has 0 bridgehead atoms. The molecule has 0 aliphatic rings. The van der Waals surface area contributed by atoms with E-state index < -0.39 is 12.1 Å². The van der Waals surface area contributed by atoms with E-state index in [1.165, 1.54) is 0 Å². The quantitative estimate of drug-likeness (QED) is 0.615. The topological polar surface area (TPSA) is 95.3 Å². The summed E-state index contributed by atoms with van der Waals surface area (Å²) in [6.45, 7) is 2.51. The van der Waals surface area contributed by atoms with Crippen molar-refractivity contribution in [1.82, 2.24) is 15.3 Å². The van der Waals surface area contributed by atoms with E-state index in [0.29, 0.717) is 12.4 Å². The normalized spacial score (nSPS) is 12.4. The van der Waals surface area contributed by atoms with Crippen molar-refractivity contribution in [2.45, 2.75) is 26.0 Å². The summed E-state index contributed by atoms with van der Waals surface area (Å²) in [7, 11) is 0. The first-order valence-electron chi connectivity index (χ1n) is 4.97. The summed E-state index contributed by atoms with van der Waals surface area (Å²) in [5, 5.41) is 20.6. The van der Waals surface area contributed by atoms with Gasteiger partial charge in [0.25, 0.3) is 0 Å². The molecule has 6 nitrogen and oxygen atoms in total. The fourth-order valence-electron chi connectivity index (χ4n) is 1.24. The molecule has 0 aliphatic carbocycles. The van der Waals surface area contributed by atoms with Gasteiger partial charge < -0.3 is 15.5 Å². The second kappa shape index (κ2) is 6.14. The van der Waals surface area contributed by atoms with Gasteiger partial charge in [0.05, 0.1) is 18.2 Å². The molecular formula is C10H15N3O3. The van der Waals surface area contributed by atoms with Crippen LogP contribution >= 0.6 is 0 Å². The summed E-state index contributed by atoms with van der Waals surface area (Å²) in [5.74, 6) is -0.322. The van der Waals surface area contributed by atoms with Gasteiger partial charge in [-0.1, -0.05) is 0 Å². The van der Waals surface area contributed by atoms with Gasteiger partial charge >= 0.3 is 5.97 Å². The number of nitrogens with one attached hydrogen (secondary N) is 1. The van der Waals surface area contributed by atoms with Crippen LogP contribution in [0.3, 0.4) is 0 Å². The van der Waals surface area contributed by atoms with Crippen molar-refractivity contribution >= 4 is 5.97 Å². The summed E-state index contributed by atoms with van der Waals surface area (Å²) >= 11 is 0. The van der Waals surface area contributed by atoms with Crippen molar-refractivity contribution in [1.29, 1.82) is 0 Å². The predicted molar refractivity (Wildman–Crippen MR) is 56.7 cm³/mol. The fourth-order valence-corrected chi connectivity index (χ4v) is 1.24. The molecular weight excluding hydrogens is 210 g/mol. The number of rotatable bonds is 6. The van der Waals surface area contributed by atoms with Crippen LogP contribution in [0.25, 0.3) is 0 Å². The van der Waals surface area contributed by atoms with E-state index in [-0.39, 0.29) is 13.0 Å². The second-order valence-corrected chi connectivity index (χ2v) is 3.48. The van der Waals surface area contributed by atoms with Gasteiger partial charge in [-0.15, -0.1) is 0 Å². The molecule has 88 valence electrons. The van der Waals surface area contributed by atoms with Crippen molar-refractivity contribution in [3.05, 3.63) is 23.8 Å². The molecule has 3 N–H and O–H groups in total. The van der Waals surface area contributed by atoms with E-state index in [9.17, 15) is 9.90 Å². The van der Waals surface area contributed by atoms with Crippen LogP contribution in [0.15, 0.2) is 12.3 Å². The highest BCUT2D eigenvalue weighted by atomic mass is 16.4. The molecule has 1 aromatic heterocycles. The number of carboxylic acids is 1. The Labute approximate surface area is 93.4 Å². The fraction of sp³-hybridized carbons (Fsp3) is 0.500. The predicted octanol–water partition coefficient (Wildman–Crippen LogP) is -0.290. The van der Waals surface area contributed by atoms with Crippen molar-refractivity contribution in [3.63, 3.8) is 0 Å². The zero-order chi connectivity index (χ0) is 12.0. The van der Waals surface area contributed by atoms with Gasteiger partial charge in [0.1, 0.15) is 5.82 Å². The molecule has 16 heavy (non-hydrogen) atoms. The molecule has 0 radical (unpaired) electrons. The molecule has 0 amide bonds. The van der Waals surface area contributed by atoms with Gasteiger partial charge in [-0.25, -0.2) is 9.97 Å². The van der Waals surface area contributed by atoms with E-state index in [2.05, 4.69) is 15.3 Å². The number of aliphatic hydroxyl groups is 1. The Morgan fingerprint density at radius 2 is 2.38 bits per heavy atom. The molecule has 1 atom stereocenters. The number of aryl methyl sites for hydroxylation is 1. The number of carbonyl (C=O) groups is 1. The summed E-state index contributed by atoms with van der Waals surface area (Å²) in [5.41, 5.74) is 0.815. The van der Waals surface area contributed by atoms with Gasteiger partial charge in [0, 0.05) is 19.3 Å². The Morgan fingerprint density at radius 1 is 1.62 bits per heavy atom. The smallest absolute Gasteiger partial charge is 0.306 e. The SMILES string of the molecule is Cc1nccc(CNCC(O)CC(=O)O)n1. The maximum Gasteiger partial charge on any atom is 0.306 e. The summed E-state index contributed by atoms with van der Waals surface area (Å²) < 4.78 is 0. The van der Waals surface area contributed by atoms with Gasteiger partial charge in [0.15, 0.2) is 0 Å². The second-order valence-electron chi connectivity index (χ2n) is 3.48. The maximum absolute atomic E-state index is 10.3. The lowest BCUT2D eigenvalue weighted by atomic mass is 10.2. The Kier molecular flexibility index (Phi) is 4.81. The van der Waals surface area contributed by atoms with Crippen LogP contribution in [0.1, 0.15) is 17.9 Å². The minimum absolute atomic E-state index is 0.231. The third-order valence-electron chi connectivity index (χ3n) is 1.93. The summed E-state index contributed by atoms with van der Waals surface area (Å²) in [6, 6.07) is 1.77. The highest BCUT2D eigenvalue weighted by molar-refractivity contribution is 5.67. The van der Waals surface area contributed by atoms with E-state index in [1.54, 1.807) is 19.2 Å². The molecule has 0 fully saturated rings. The molecule has 0 saturated heterocycles. The average molecular weight is 225 g/mol. The van der Waals surface area contributed by atoms with Crippen molar-refractivity contribution in [2.24, 2.45) is 0 Å². The minimum atomic E-state index is -1.01. The monoisotopic (exact) mass is 225 g/mol. The lowest BCUT2D eigenvalue weighted by Crippen LogP contribution is -2.28. The van der Waals surface area contributed by atoms with Crippen LogP contribution in [-0.2, 0) is 11.3 Å². The van der Waals surface area contributed by atoms with Crippen LogP contribution in [-0.4, -0.2) is 38.8 Å². The van der Waals surface area contributed by atoms with Crippen molar-refractivity contribution in [3.8, 4) is 0 Å². The van der Waals surface area contributed by atoms with E-state index in [4.69, 9.17) is 5.11 Å². The first-order valence-corrected chi connectivity index (χ1v) is 4.97. The molecule has 0 aliphatic heterocycles. The number of hydrogen-bond acceptors (Lipinski definition) is 5. The zero-order valence-electron chi connectivity index (χ0n) is 9.05. The van der Waals surface area contributed by atoms with Gasteiger partial charge in [0.2, 0.25) is 0 Å². The summed E-state index contributed by atoms with van der Waals surface area (Å²) in [6.07, 6.45) is 0.531. The van der Waals surface area contributed by atoms with Gasteiger partial charge in [-0.2, -0.15) is 0 Å². The highest BCUT2D eigenvalue weighted by Crippen LogP contribution is 1.95. The van der Waals surface area contributed by atoms with Crippen LogP contribution < -0.4 is 5.32 Å². The highest BCUT2D eigenvalue weighted by Gasteiger charge is 2.08. The Bertz CT molecular complexity index is 357. The molecule has 1 rings (SSSR count). The number of aliphatic carboxylic acids is 1. The Hall–Kier alpha value is -1.53. The van der Waals surface area contributed by atoms with Crippen LogP contribution in [0.4, 0.5) is 0 Å².